The highest BCUT2D eigenvalue weighted by Crippen LogP contribution is 2.26. The highest BCUT2D eigenvalue weighted by Gasteiger charge is 2.16. The number of hydrogen-bond donors (Lipinski definition) is 0. The molecule has 0 radical (unpaired) electrons. The normalized spacial score (nSPS) is 10.5. The van der Waals surface area contributed by atoms with Gasteiger partial charge in [-0.3, -0.25) is 9.59 Å². The highest BCUT2D eigenvalue weighted by molar-refractivity contribution is 6.10. The number of nitriles is 1. The van der Waals surface area contributed by atoms with Crippen LogP contribution in [0.25, 0.3) is 16.6 Å². The summed E-state index contributed by atoms with van der Waals surface area (Å²) in [5.41, 5.74) is 3.50. The molecule has 3 aromatic carbocycles. The SMILES string of the molecule is N#CCC(=O)c1cn(-c2ccc(C(=O)c3ccccc3)cc2)c2ccccc12. The number of carbonyl (C=O) groups excluding carboxylic acids is 2. The molecule has 0 bridgehead atoms. The Kier molecular flexibility index (Phi) is 4.57. The fraction of sp³-hybridized carbons (Fsp3) is 0.0417. The number of hydrogen-bond acceptors (Lipinski definition) is 3. The largest absolute Gasteiger partial charge is 0.316 e. The zero-order chi connectivity index (χ0) is 19.5. The van der Waals surface area contributed by atoms with Crippen molar-refractivity contribution in [1.82, 2.24) is 4.57 Å². The predicted molar refractivity (Wildman–Crippen MR) is 108 cm³/mol. The minimum Gasteiger partial charge on any atom is -0.316 e. The minimum atomic E-state index is -0.201. The molecular formula is C24H16N2O2. The average molecular weight is 364 g/mol. The van der Waals surface area contributed by atoms with Gasteiger partial charge in [-0.25, -0.2) is 0 Å². The van der Waals surface area contributed by atoms with Gasteiger partial charge in [-0.2, -0.15) is 5.26 Å². The van der Waals surface area contributed by atoms with Crippen LogP contribution in [-0.2, 0) is 0 Å². The van der Waals surface area contributed by atoms with E-state index in [1.54, 1.807) is 30.5 Å². The van der Waals surface area contributed by atoms with E-state index in [-0.39, 0.29) is 18.0 Å². The Bertz CT molecular complexity index is 1210. The van der Waals surface area contributed by atoms with Crippen LogP contribution >= 0.6 is 0 Å². The van der Waals surface area contributed by atoms with Crippen LogP contribution in [0.15, 0.2) is 85.1 Å². The number of Topliss-reactive ketones (excluding diaryl/α,β-unsaturated/α-hetero) is 1. The van der Waals surface area contributed by atoms with Gasteiger partial charge in [0.2, 0.25) is 0 Å². The van der Waals surface area contributed by atoms with Gasteiger partial charge in [-0.1, -0.05) is 48.5 Å². The van der Waals surface area contributed by atoms with Crippen molar-refractivity contribution in [2.45, 2.75) is 6.42 Å². The second-order valence-electron chi connectivity index (χ2n) is 6.43. The minimum absolute atomic E-state index is 0.0330. The summed E-state index contributed by atoms with van der Waals surface area (Å²) in [4.78, 5) is 24.9. The molecule has 0 saturated heterocycles. The fourth-order valence-corrected chi connectivity index (χ4v) is 3.31. The Hall–Kier alpha value is -3.97. The molecule has 0 spiro atoms. The zero-order valence-electron chi connectivity index (χ0n) is 15.0. The van der Waals surface area contributed by atoms with E-state index >= 15 is 0 Å². The molecule has 4 aromatic rings. The molecule has 4 nitrogen and oxygen atoms in total. The average Bonchev–Trinajstić information content (AvgIpc) is 3.14. The third kappa shape index (κ3) is 3.10. The molecule has 0 unspecified atom stereocenters. The number of benzene rings is 3. The molecule has 0 aliphatic rings. The Morgan fingerprint density at radius 2 is 1.46 bits per heavy atom. The molecule has 134 valence electrons. The number of ketones is 2. The third-order valence-electron chi connectivity index (χ3n) is 4.70. The first-order chi connectivity index (χ1) is 13.7. The molecular weight excluding hydrogens is 348 g/mol. The molecule has 0 aliphatic carbocycles. The predicted octanol–water partition coefficient (Wildman–Crippen LogP) is 4.96. The third-order valence-corrected chi connectivity index (χ3v) is 4.70. The van der Waals surface area contributed by atoms with E-state index < -0.39 is 0 Å². The van der Waals surface area contributed by atoms with Crippen molar-refractivity contribution in [3.63, 3.8) is 0 Å². The van der Waals surface area contributed by atoms with Crippen LogP contribution in [0.1, 0.15) is 32.7 Å². The van der Waals surface area contributed by atoms with Crippen LogP contribution in [0.3, 0.4) is 0 Å². The van der Waals surface area contributed by atoms with Gasteiger partial charge in [0.05, 0.1) is 18.0 Å². The van der Waals surface area contributed by atoms with Crippen LogP contribution in [0.4, 0.5) is 0 Å². The van der Waals surface area contributed by atoms with E-state index in [0.717, 1.165) is 16.6 Å². The van der Waals surface area contributed by atoms with Crippen molar-refractivity contribution in [2.75, 3.05) is 0 Å². The fourth-order valence-electron chi connectivity index (χ4n) is 3.31. The van der Waals surface area contributed by atoms with Crippen LogP contribution in [-0.4, -0.2) is 16.1 Å². The molecule has 0 aliphatic heterocycles. The van der Waals surface area contributed by atoms with Gasteiger partial charge in [-0.15, -0.1) is 0 Å². The number of rotatable bonds is 5. The zero-order valence-corrected chi connectivity index (χ0v) is 15.0. The Morgan fingerprint density at radius 3 is 2.18 bits per heavy atom. The summed E-state index contributed by atoms with van der Waals surface area (Å²) >= 11 is 0. The lowest BCUT2D eigenvalue weighted by atomic mass is 10.0. The summed E-state index contributed by atoms with van der Waals surface area (Å²) in [6.45, 7) is 0. The van der Waals surface area contributed by atoms with E-state index in [9.17, 15) is 9.59 Å². The summed E-state index contributed by atoms with van der Waals surface area (Å²) in [5, 5.41) is 9.67. The number of fused-ring (bicyclic) bond motifs is 1. The maximum atomic E-state index is 12.6. The smallest absolute Gasteiger partial charge is 0.193 e. The van der Waals surface area contributed by atoms with Gasteiger partial charge in [0.1, 0.15) is 0 Å². The van der Waals surface area contributed by atoms with Crippen molar-refractivity contribution >= 4 is 22.5 Å². The van der Waals surface area contributed by atoms with Crippen molar-refractivity contribution in [3.05, 3.63) is 102 Å². The van der Waals surface area contributed by atoms with E-state index in [0.29, 0.717) is 16.7 Å². The molecule has 0 amide bonds. The summed E-state index contributed by atoms with van der Waals surface area (Å²) in [6, 6.07) is 26.0. The second kappa shape index (κ2) is 7.34. The quantitative estimate of drug-likeness (QED) is 0.470. The molecule has 0 fully saturated rings. The van der Waals surface area contributed by atoms with Crippen LogP contribution < -0.4 is 0 Å². The van der Waals surface area contributed by atoms with Crippen molar-refractivity contribution in [1.29, 1.82) is 5.26 Å². The Morgan fingerprint density at radius 1 is 0.821 bits per heavy atom. The topological polar surface area (TPSA) is 62.9 Å². The van der Waals surface area contributed by atoms with Gasteiger partial charge in [0, 0.05) is 34.0 Å². The Balaban J connectivity index is 1.74. The van der Waals surface area contributed by atoms with E-state index in [2.05, 4.69) is 0 Å². The highest BCUT2D eigenvalue weighted by atomic mass is 16.1. The first kappa shape index (κ1) is 17.4. The number of carbonyl (C=O) groups is 2. The number of aromatic nitrogens is 1. The molecule has 1 aromatic heterocycles. The van der Waals surface area contributed by atoms with E-state index in [4.69, 9.17) is 5.26 Å². The van der Waals surface area contributed by atoms with E-state index in [1.807, 2.05) is 65.2 Å². The lowest BCUT2D eigenvalue weighted by Gasteiger charge is -2.07. The first-order valence-corrected chi connectivity index (χ1v) is 8.89. The summed E-state index contributed by atoms with van der Waals surface area (Å²) < 4.78 is 1.91. The number of para-hydroxylation sites is 1. The summed E-state index contributed by atoms with van der Waals surface area (Å²) in [5.74, 6) is -0.234. The summed E-state index contributed by atoms with van der Waals surface area (Å²) in [6.07, 6.45) is 1.61. The van der Waals surface area contributed by atoms with Crippen molar-refractivity contribution in [3.8, 4) is 11.8 Å². The van der Waals surface area contributed by atoms with E-state index in [1.165, 1.54) is 0 Å². The number of nitrogens with zero attached hydrogens (tertiary/aromatic N) is 2. The maximum Gasteiger partial charge on any atom is 0.193 e. The van der Waals surface area contributed by atoms with Crippen LogP contribution in [0, 0.1) is 11.3 Å². The van der Waals surface area contributed by atoms with Crippen LogP contribution in [0.5, 0.6) is 0 Å². The second-order valence-corrected chi connectivity index (χ2v) is 6.43. The van der Waals surface area contributed by atoms with Gasteiger partial charge in [0.25, 0.3) is 0 Å². The lowest BCUT2D eigenvalue weighted by molar-refractivity contribution is 0.0997. The summed E-state index contributed by atoms with van der Waals surface area (Å²) in [7, 11) is 0. The van der Waals surface area contributed by atoms with Crippen molar-refractivity contribution in [2.24, 2.45) is 0 Å². The standard InChI is InChI=1S/C24H16N2O2/c25-15-14-23(27)21-16-26(22-9-5-4-8-20(21)22)19-12-10-18(11-13-19)24(28)17-6-2-1-3-7-17/h1-13,16H,14H2. The molecule has 28 heavy (non-hydrogen) atoms. The lowest BCUT2D eigenvalue weighted by Crippen LogP contribution is -2.01. The molecule has 0 saturated carbocycles. The first-order valence-electron chi connectivity index (χ1n) is 8.89. The molecule has 0 atom stereocenters. The van der Waals surface area contributed by atoms with Crippen LogP contribution in [0.2, 0.25) is 0 Å². The molecule has 0 N–H and O–H groups in total. The van der Waals surface area contributed by atoms with Gasteiger partial charge in [0.15, 0.2) is 11.6 Å². The van der Waals surface area contributed by atoms with Gasteiger partial charge < -0.3 is 4.57 Å². The molecule has 4 heteroatoms. The Labute approximate surface area is 162 Å². The molecule has 1 heterocycles. The monoisotopic (exact) mass is 364 g/mol. The van der Waals surface area contributed by atoms with Gasteiger partial charge in [-0.05, 0) is 30.3 Å². The van der Waals surface area contributed by atoms with Crippen molar-refractivity contribution < 1.29 is 9.59 Å². The maximum absolute atomic E-state index is 12.6. The van der Waals surface area contributed by atoms with Gasteiger partial charge >= 0.3 is 0 Å². The molecule has 4 rings (SSSR count).